The quantitative estimate of drug-likeness (QED) is 0.577. The topological polar surface area (TPSA) is 35.5 Å². The maximum atomic E-state index is 12.8. The zero-order chi connectivity index (χ0) is 17.4. The molecule has 0 N–H and O–H groups in total. The number of ether oxygens (including phenoxy) is 1. The molecule has 0 radical (unpaired) electrons. The second-order valence-corrected chi connectivity index (χ2v) is 6.51. The molecular weight excluding hydrogens is 394 g/mol. The highest BCUT2D eigenvalue weighted by atomic mass is 35.5. The highest BCUT2D eigenvalue weighted by Gasteiger charge is 2.29. The van der Waals surface area contributed by atoms with Crippen LogP contribution in [0.4, 0.5) is 0 Å². The normalized spacial score (nSPS) is 16.0. The van der Waals surface area contributed by atoms with Gasteiger partial charge in [-0.05, 0) is 24.1 Å². The minimum Gasteiger partial charge on any atom is -0.473 e. The molecule has 0 saturated heterocycles. The van der Waals surface area contributed by atoms with Crippen molar-refractivity contribution in [3.63, 3.8) is 0 Å². The van der Waals surface area contributed by atoms with Crippen LogP contribution in [0.1, 0.15) is 21.5 Å². The first-order chi connectivity index (χ1) is 11.4. The number of hydrogen-bond acceptors (Lipinski definition) is 3. The second kappa shape index (κ2) is 6.85. The van der Waals surface area contributed by atoms with E-state index in [1.807, 2.05) is 31.2 Å². The molecule has 1 unspecified atom stereocenters. The first-order valence-corrected chi connectivity index (χ1v) is 8.33. The number of Topliss-reactive ketones (excluding diaryl/α,β-unsaturated/α-hetero) is 1. The number of hydrogen-bond donors (Lipinski definition) is 0. The summed E-state index contributed by atoms with van der Waals surface area (Å²) in [7, 11) is 0. The van der Waals surface area contributed by atoms with Crippen molar-refractivity contribution in [2.45, 2.75) is 13.0 Å². The fraction of sp³-hybridized carbons (Fsp3) is 0.118. The molecule has 0 aliphatic heterocycles. The molecule has 24 heavy (non-hydrogen) atoms. The van der Waals surface area contributed by atoms with E-state index in [9.17, 15) is 4.79 Å². The van der Waals surface area contributed by atoms with Gasteiger partial charge in [0.15, 0.2) is 17.6 Å². The Morgan fingerprint density at radius 1 is 1.12 bits per heavy atom. The van der Waals surface area contributed by atoms with E-state index in [4.69, 9.17) is 55.7 Å². The third-order valence-corrected chi connectivity index (χ3v) is 5.08. The van der Waals surface area contributed by atoms with Crippen LogP contribution in [0.3, 0.4) is 0 Å². The van der Waals surface area contributed by atoms with Crippen LogP contribution in [0, 0.1) is 6.92 Å². The molecule has 0 saturated carbocycles. The Balaban J connectivity index is 2.01. The molecule has 124 valence electrons. The minimum absolute atomic E-state index is 0.0246. The van der Waals surface area contributed by atoms with Crippen LogP contribution in [-0.2, 0) is 0 Å². The standard InChI is InChI=1S/C17H10Cl4O3/c1-8-3-2-4-9-5-6-11(16(22)13(8)9)23-17-12(24-21)7-10(18)14(19)15(17)20/h2-7,11H,1H3. The summed E-state index contributed by atoms with van der Waals surface area (Å²) in [4.78, 5) is 12.8. The maximum absolute atomic E-state index is 12.8. The van der Waals surface area contributed by atoms with E-state index in [0.29, 0.717) is 5.56 Å². The Labute approximate surface area is 158 Å². The van der Waals surface area contributed by atoms with Crippen LogP contribution >= 0.6 is 46.7 Å². The zero-order valence-electron chi connectivity index (χ0n) is 12.3. The number of carbonyl (C=O) groups excluding carboxylic acids is 1. The number of aryl methyl sites for hydroxylation is 1. The Kier molecular flexibility index (Phi) is 4.97. The van der Waals surface area contributed by atoms with Gasteiger partial charge in [0.1, 0.15) is 16.9 Å². The molecule has 1 aliphatic rings. The van der Waals surface area contributed by atoms with Gasteiger partial charge in [-0.1, -0.05) is 59.1 Å². The van der Waals surface area contributed by atoms with Crippen molar-refractivity contribution >= 4 is 58.5 Å². The Morgan fingerprint density at radius 2 is 1.88 bits per heavy atom. The highest BCUT2D eigenvalue weighted by Crippen LogP contribution is 2.45. The van der Waals surface area contributed by atoms with Crippen LogP contribution in [0.5, 0.6) is 11.5 Å². The summed E-state index contributed by atoms with van der Waals surface area (Å²) < 4.78 is 10.5. The molecule has 0 aromatic heterocycles. The van der Waals surface area contributed by atoms with E-state index in [2.05, 4.69) is 0 Å². The lowest BCUT2D eigenvalue weighted by molar-refractivity contribution is 0.0847. The lowest BCUT2D eigenvalue weighted by Gasteiger charge is -2.22. The Hall–Kier alpha value is -1.39. The summed E-state index contributed by atoms with van der Waals surface area (Å²) >= 11 is 23.6. The molecule has 2 aromatic carbocycles. The molecule has 3 rings (SSSR count). The van der Waals surface area contributed by atoms with Gasteiger partial charge in [0.05, 0.1) is 10.0 Å². The molecule has 2 aromatic rings. The fourth-order valence-electron chi connectivity index (χ4n) is 2.53. The van der Waals surface area contributed by atoms with E-state index >= 15 is 0 Å². The molecule has 7 heteroatoms. The van der Waals surface area contributed by atoms with E-state index in [-0.39, 0.29) is 32.4 Å². The average Bonchev–Trinajstić information content (AvgIpc) is 2.57. The van der Waals surface area contributed by atoms with Crippen molar-refractivity contribution < 1.29 is 13.8 Å². The van der Waals surface area contributed by atoms with Crippen LogP contribution in [-0.4, -0.2) is 11.9 Å². The predicted octanol–water partition coefficient (Wildman–Crippen LogP) is 6.14. The van der Waals surface area contributed by atoms with E-state index in [1.165, 1.54) is 6.07 Å². The monoisotopic (exact) mass is 402 g/mol. The number of rotatable bonds is 3. The molecule has 0 fully saturated rings. The van der Waals surface area contributed by atoms with Gasteiger partial charge in [0.25, 0.3) is 0 Å². The zero-order valence-corrected chi connectivity index (χ0v) is 15.3. The van der Waals surface area contributed by atoms with Crippen molar-refractivity contribution in [1.29, 1.82) is 0 Å². The smallest absolute Gasteiger partial charge is 0.208 e. The van der Waals surface area contributed by atoms with Crippen LogP contribution in [0.2, 0.25) is 15.1 Å². The predicted molar refractivity (Wildman–Crippen MR) is 96.9 cm³/mol. The number of benzene rings is 2. The van der Waals surface area contributed by atoms with Gasteiger partial charge in [0, 0.05) is 11.6 Å². The molecule has 1 atom stereocenters. The second-order valence-electron chi connectivity index (χ2n) is 5.19. The van der Waals surface area contributed by atoms with Crippen molar-refractivity contribution in [3.05, 3.63) is 62.1 Å². The summed E-state index contributed by atoms with van der Waals surface area (Å²) in [6, 6.07) is 7.00. The maximum Gasteiger partial charge on any atom is 0.208 e. The van der Waals surface area contributed by atoms with Gasteiger partial charge in [-0.3, -0.25) is 4.79 Å². The molecule has 3 nitrogen and oxygen atoms in total. The molecule has 0 bridgehead atoms. The minimum atomic E-state index is -0.876. The van der Waals surface area contributed by atoms with Crippen molar-refractivity contribution in [2.75, 3.05) is 0 Å². The summed E-state index contributed by atoms with van der Waals surface area (Å²) in [5.74, 6) is -0.0535. The van der Waals surface area contributed by atoms with Crippen LogP contribution in [0.15, 0.2) is 30.3 Å². The molecule has 1 aliphatic carbocycles. The first-order valence-electron chi connectivity index (χ1n) is 6.88. The fourth-order valence-corrected chi connectivity index (χ4v) is 3.27. The lowest BCUT2D eigenvalue weighted by Crippen LogP contribution is -2.29. The largest absolute Gasteiger partial charge is 0.473 e. The van der Waals surface area contributed by atoms with Crippen molar-refractivity contribution in [1.82, 2.24) is 0 Å². The van der Waals surface area contributed by atoms with E-state index < -0.39 is 6.10 Å². The summed E-state index contributed by atoms with van der Waals surface area (Å²) in [6.07, 6.45) is 2.58. The van der Waals surface area contributed by atoms with Crippen molar-refractivity contribution in [3.8, 4) is 11.5 Å². The average molecular weight is 404 g/mol. The molecule has 0 heterocycles. The van der Waals surface area contributed by atoms with Crippen molar-refractivity contribution in [2.24, 2.45) is 0 Å². The SMILES string of the molecule is Cc1cccc2c1C(=O)C(Oc1c(OCl)cc(Cl)c(Cl)c1Cl)C=C2. The van der Waals surface area contributed by atoms with Gasteiger partial charge in [0.2, 0.25) is 5.78 Å². The Bertz CT molecular complexity index is 861. The number of carbonyl (C=O) groups is 1. The first kappa shape index (κ1) is 17.4. The summed E-state index contributed by atoms with van der Waals surface area (Å²) in [5.41, 5.74) is 2.31. The highest BCUT2D eigenvalue weighted by molar-refractivity contribution is 6.48. The van der Waals surface area contributed by atoms with Gasteiger partial charge in [-0.2, -0.15) is 0 Å². The van der Waals surface area contributed by atoms with E-state index in [1.54, 1.807) is 6.08 Å². The summed E-state index contributed by atoms with van der Waals surface area (Å²) in [5, 5.41) is 0.280. The number of fused-ring (bicyclic) bond motifs is 1. The lowest BCUT2D eigenvalue weighted by atomic mass is 9.91. The number of halogens is 4. The van der Waals surface area contributed by atoms with E-state index in [0.717, 1.165) is 11.1 Å². The molecule has 0 spiro atoms. The third-order valence-electron chi connectivity index (χ3n) is 3.67. The Morgan fingerprint density at radius 3 is 2.58 bits per heavy atom. The van der Waals surface area contributed by atoms with Gasteiger partial charge in [-0.15, -0.1) is 0 Å². The van der Waals surface area contributed by atoms with Gasteiger partial charge in [-0.25, -0.2) is 0 Å². The molecule has 0 amide bonds. The van der Waals surface area contributed by atoms with Crippen LogP contribution in [0.25, 0.3) is 6.08 Å². The summed E-state index contributed by atoms with van der Waals surface area (Å²) in [6.45, 7) is 1.87. The van der Waals surface area contributed by atoms with Gasteiger partial charge >= 0.3 is 0 Å². The molecular formula is C17H10Cl4O3. The van der Waals surface area contributed by atoms with Gasteiger partial charge < -0.3 is 9.03 Å². The van der Waals surface area contributed by atoms with Crippen LogP contribution < -0.4 is 9.03 Å². The third kappa shape index (κ3) is 2.98. The number of ketones is 1.